The summed E-state index contributed by atoms with van der Waals surface area (Å²) in [7, 11) is 0. The van der Waals surface area contributed by atoms with E-state index in [9.17, 15) is 9.59 Å². The smallest absolute Gasteiger partial charge is 0.251 e. The zero-order valence-corrected chi connectivity index (χ0v) is 16.0. The first kappa shape index (κ1) is 18.7. The third kappa shape index (κ3) is 5.46. The second-order valence-electron chi connectivity index (χ2n) is 5.72. The maximum Gasteiger partial charge on any atom is 0.251 e. The Morgan fingerprint density at radius 1 is 1.00 bits per heavy atom. The summed E-state index contributed by atoms with van der Waals surface area (Å²) in [6, 6.07) is 17.9. The van der Waals surface area contributed by atoms with Crippen molar-refractivity contribution in [1.29, 1.82) is 0 Å². The van der Waals surface area contributed by atoms with Gasteiger partial charge in [-0.3, -0.25) is 9.59 Å². The fraction of sp³-hybridized carbons (Fsp3) is 0.100. The summed E-state index contributed by atoms with van der Waals surface area (Å²) < 4.78 is 6.07. The van der Waals surface area contributed by atoms with Gasteiger partial charge in [-0.25, -0.2) is 0 Å². The van der Waals surface area contributed by atoms with Crippen LogP contribution in [0.2, 0.25) is 0 Å². The summed E-state index contributed by atoms with van der Waals surface area (Å²) in [5, 5.41) is 8.61. The van der Waals surface area contributed by atoms with E-state index in [1.807, 2.05) is 24.3 Å². The topological polar surface area (TPSA) is 83.4 Å². The van der Waals surface area contributed by atoms with Gasteiger partial charge in [0.25, 0.3) is 5.91 Å². The molecule has 138 valence electrons. The van der Waals surface area contributed by atoms with Gasteiger partial charge in [-0.2, -0.15) is 0 Å². The molecule has 0 aliphatic heterocycles. The molecule has 3 rings (SSSR count). The van der Waals surface area contributed by atoms with Crippen molar-refractivity contribution in [1.82, 2.24) is 5.32 Å². The van der Waals surface area contributed by atoms with Gasteiger partial charge in [-0.05, 0) is 58.4 Å². The number of amides is 2. The van der Waals surface area contributed by atoms with Crippen molar-refractivity contribution in [3.63, 3.8) is 0 Å². The molecule has 6 nitrogen and oxygen atoms in total. The monoisotopic (exact) mass is 427 g/mol. The first-order valence-corrected chi connectivity index (χ1v) is 9.10. The van der Waals surface area contributed by atoms with Crippen molar-refractivity contribution >= 4 is 39.1 Å². The van der Waals surface area contributed by atoms with Crippen LogP contribution in [0.5, 0.6) is 0 Å². The zero-order valence-electron chi connectivity index (χ0n) is 14.4. The van der Waals surface area contributed by atoms with Crippen molar-refractivity contribution in [2.75, 3.05) is 17.2 Å². The Bertz CT molecular complexity index is 926. The SMILES string of the molecule is O=C(CNc1ccccc1Br)Nc1cccc(C(=O)NCc2ccco2)c1. The van der Waals surface area contributed by atoms with Crippen molar-refractivity contribution < 1.29 is 14.0 Å². The standard InChI is InChI=1S/C20H18BrN3O3/c21-17-8-1-2-9-18(17)22-13-19(25)24-15-6-3-5-14(11-15)20(26)23-12-16-7-4-10-27-16/h1-11,22H,12-13H2,(H,23,26)(H,24,25). The number of benzene rings is 2. The number of nitrogens with one attached hydrogen (secondary N) is 3. The lowest BCUT2D eigenvalue weighted by molar-refractivity contribution is -0.114. The maximum absolute atomic E-state index is 12.2. The first-order valence-electron chi connectivity index (χ1n) is 8.31. The predicted molar refractivity (Wildman–Crippen MR) is 108 cm³/mol. The highest BCUT2D eigenvalue weighted by Gasteiger charge is 2.09. The largest absolute Gasteiger partial charge is 0.467 e. The maximum atomic E-state index is 12.2. The van der Waals surface area contributed by atoms with Gasteiger partial charge in [0, 0.05) is 21.4 Å². The highest BCUT2D eigenvalue weighted by molar-refractivity contribution is 9.10. The lowest BCUT2D eigenvalue weighted by atomic mass is 10.2. The van der Waals surface area contributed by atoms with Crippen LogP contribution < -0.4 is 16.0 Å². The lowest BCUT2D eigenvalue weighted by Gasteiger charge is -2.10. The van der Waals surface area contributed by atoms with Crippen LogP contribution in [-0.4, -0.2) is 18.4 Å². The molecule has 0 spiro atoms. The molecule has 0 atom stereocenters. The van der Waals surface area contributed by atoms with Crippen molar-refractivity contribution in [3.05, 3.63) is 82.7 Å². The quantitative estimate of drug-likeness (QED) is 0.531. The van der Waals surface area contributed by atoms with Crippen LogP contribution >= 0.6 is 15.9 Å². The molecule has 3 aromatic rings. The molecule has 0 aliphatic rings. The Morgan fingerprint density at radius 2 is 1.85 bits per heavy atom. The van der Waals surface area contributed by atoms with E-state index in [4.69, 9.17) is 4.42 Å². The fourth-order valence-electron chi connectivity index (χ4n) is 2.41. The Kier molecular flexibility index (Phi) is 6.27. The third-order valence-corrected chi connectivity index (χ3v) is 4.42. The van der Waals surface area contributed by atoms with Crippen LogP contribution in [0.25, 0.3) is 0 Å². The van der Waals surface area contributed by atoms with E-state index in [1.165, 1.54) is 0 Å². The minimum absolute atomic E-state index is 0.109. The molecular weight excluding hydrogens is 410 g/mol. The van der Waals surface area contributed by atoms with Gasteiger partial charge < -0.3 is 20.4 Å². The summed E-state index contributed by atoms with van der Waals surface area (Å²) in [5.74, 6) is 0.221. The van der Waals surface area contributed by atoms with Crippen LogP contribution in [-0.2, 0) is 11.3 Å². The number of carbonyl (C=O) groups excluding carboxylic acids is 2. The van der Waals surface area contributed by atoms with E-state index in [2.05, 4.69) is 31.9 Å². The molecular formula is C20H18BrN3O3. The number of hydrogen-bond donors (Lipinski definition) is 3. The van der Waals surface area contributed by atoms with Gasteiger partial charge in [0.2, 0.25) is 5.91 Å². The Labute approximate surface area is 165 Å². The van der Waals surface area contributed by atoms with E-state index in [0.29, 0.717) is 23.6 Å². The Morgan fingerprint density at radius 3 is 2.63 bits per heavy atom. The van der Waals surface area contributed by atoms with E-state index < -0.39 is 0 Å². The van der Waals surface area contributed by atoms with Crippen LogP contribution in [0, 0.1) is 0 Å². The van der Waals surface area contributed by atoms with Crippen LogP contribution in [0.4, 0.5) is 11.4 Å². The molecule has 0 unspecified atom stereocenters. The highest BCUT2D eigenvalue weighted by Crippen LogP contribution is 2.20. The Balaban J connectivity index is 1.54. The van der Waals surface area contributed by atoms with Crippen LogP contribution in [0.1, 0.15) is 16.1 Å². The molecule has 2 aromatic carbocycles. The third-order valence-electron chi connectivity index (χ3n) is 3.73. The van der Waals surface area contributed by atoms with Crippen LogP contribution in [0.3, 0.4) is 0 Å². The number of hydrogen-bond acceptors (Lipinski definition) is 4. The van der Waals surface area contributed by atoms with Crippen molar-refractivity contribution in [3.8, 4) is 0 Å². The van der Waals surface area contributed by atoms with E-state index in [-0.39, 0.29) is 18.4 Å². The molecule has 7 heteroatoms. The minimum Gasteiger partial charge on any atom is -0.467 e. The molecule has 0 saturated heterocycles. The predicted octanol–water partition coefficient (Wildman–Crippen LogP) is 4.02. The van der Waals surface area contributed by atoms with Gasteiger partial charge in [0.1, 0.15) is 5.76 Å². The molecule has 0 aliphatic carbocycles. The molecule has 27 heavy (non-hydrogen) atoms. The molecule has 0 bridgehead atoms. The zero-order chi connectivity index (χ0) is 19.1. The van der Waals surface area contributed by atoms with Gasteiger partial charge in [0.15, 0.2) is 0 Å². The summed E-state index contributed by atoms with van der Waals surface area (Å²) in [6.07, 6.45) is 1.56. The minimum atomic E-state index is -0.242. The normalized spacial score (nSPS) is 10.3. The van der Waals surface area contributed by atoms with E-state index >= 15 is 0 Å². The number of furan rings is 1. The Hall–Kier alpha value is -3.06. The van der Waals surface area contributed by atoms with Gasteiger partial charge in [-0.1, -0.05) is 18.2 Å². The van der Waals surface area contributed by atoms with Gasteiger partial charge in [0.05, 0.1) is 19.4 Å². The number of carbonyl (C=O) groups is 2. The van der Waals surface area contributed by atoms with Crippen molar-refractivity contribution in [2.45, 2.75) is 6.54 Å². The summed E-state index contributed by atoms with van der Waals surface area (Å²) >= 11 is 3.42. The molecule has 2 amide bonds. The van der Waals surface area contributed by atoms with E-state index in [0.717, 1.165) is 10.2 Å². The summed E-state index contributed by atoms with van der Waals surface area (Å²) in [5.41, 5.74) is 1.84. The average molecular weight is 428 g/mol. The highest BCUT2D eigenvalue weighted by atomic mass is 79.9. The first-order chi connectivity index (χ1) is 13.1. The molecule has 1 aromatic heterocycles. The number of para-hydroxylation sites is 1. The molecule has 1 heterocycles. The lowest BCUT2D eigenvalue weighted by Crippen LogP contribution is -2.24. The van der Waals surface area contributed by atoms with Gasteiger partial charge >= 0.3 is 0 Å². The van der Waals surface area contributed by atoms with Crippen LogP contribution in [0.15, 0.2) is 75.8 Å². The number of rotatable bonds is 7. The van der Waals surface area contributed by atoms with Crippen molar-refractivity contribution in [2.24, 2.45) is 0 Å². The fourth-order valence-corrected chi connectivity index (χ4v) is 2.83. The molecule has 0 saturated carbocycles. The van der Waals surface area contributed by atoms with E-state index in [1.54, 1.807) is 42.7 Å². The molecule has 0 fully saturated rings. The second kappa shape index (κ2) is 9.05. The number of anilines is 2. The average Bonchev–Trinajstić information content (AvgIpc) is 3.19. The number of halogens is 1. The summed E-state index contributed by atoms with van der Waals surface area (Å²) in [4.78, 5) is 24.4. The molecule has 3 N–H and O–H groups in total. The van der Waals surface area contributed by atoms with Gasteiger partial charge in [-0.15, -0.1) is 0 Å². The summed E-state index contributed by atoms with van der Waals surface area (Å²) in [6.45, 7) is 0.413. The second-order valence-corrected chi connectivity index (χ2v) is 6.58. The molecule has 0 radical (unpaired) electrons.